The normalized spacial score (nSPS) is 14.7. The second-order valence-electron chi connectivity index (χ2n) is 6.28. The fourth-order valence-electron chi connectivity index (χ4n) is 2.69. The highest BCUT2D eigenvalue weighted by atomic mass is 32.2. The lowest BCUT2D eigenvalue weighted by molar-refractivity contribution is -0.384. The molecule has 9 nitrogen and oxygen atoms in total. The number of nitrogens with zero attached hydrogens (tertiary/aromatic N) is 2. The van der Waals surface area contributed by atoms with Crippen LogP contribution in [-0.4, -0.2) is 44.2 Å². The van der Waals surface area contributed by atoms with Gasteiger partial charge in [0, 0.05) is 6.07 Å². The zero-order valence-electron chi connectivity index (χ0n) is 16.2. The van der Waals surface area contributed by atoms with E-state index in [4.69, 9.17) is 17.0 Å². The minimum absolute atomic E-state index is 0.00836. The van der Waals surface area contributed by atoms with E-state index < -0.39 is 22.5 Å². The van der Waals surface area contributed by atoms with Crippen LogP contribution in [0, 0.1) is 10.1 Å². The average Bonchev–Trinajstić information content (AvgIpc) is 2.98. The first-order valence-corrected chi connectivity index (χ1v) is 10.3. The first-order valence-electron chi connectivity index (χ1n) is 9.04. The lowest BCUT2D eigenvalue weighted by Crippen LogP contribution is -2.36. The van der Waals surface area contributed by atoms with Crippen molar-refractivity contribution in [2.45, 2.75) is 6.92 Å². The average molecular weight is 460 g/mol. The standard InChI is InChI=1S/C20H17N3O6S2/c1-2-29-14-6-3-12(4-7-14)9-17-19(26)22(20(30)31-17)11-18(25)21-15-8-5-13(23(27)28)10-16(15)24/h3-10,24H,2,11H2,1H3,(H,21,25)/b17-9-. The molecule has 0 radical (unpaired) electrons. The van der Waals surface area contributed by atoms with Crippen molar-refractivity contribution in [3.8, 4) is 11.5 Å². The van der Waals surface area contributed by atoms with Crippen LogP contribution in [0.5, 0.6) is 11.5 Å². The minimum Gasteiger partial charge on any atom is -0.506 e. The van der Waals surface area contributed by atoms with Crippen molar-refractivity contribution in [3.63, 3.8) is 0 Å². The number of phenols is 1. The van der Waals surface area contributed by atoms with E-state index in [0.29, 0.717) is 11.5 Å². The number of benzene rings is 2. The summed E-state index contributed by atoms with van der Waals surface area (Å²) >= 11 is 6.30. The van der Waals surface area contributed by atoms with E-state index in [-0.39, 0.29) is 22.2 Å². The minimum atomic E-state index is -0.665. The molecule has 1 aliphatic heterocycles. The third-order valence-corrected chi connectivity index (χ3v) is 5.51. The maximum absolute atomic E-state index is 12.7. The van der Waals surface area contributed by atoms with Crippen molar-refractivity contribution in [2.24, 2.45) is 0 Å². The number of phenolic OH excluding ortho intramolecular Hbond substituents is 1. The van der Waals surface area contributed by atoms with Gasteiger partial charge in [0.2, 0.25) is 5.91 Å². The molecular weight excluding hydrogens is 442 g/mol. The Morgan fingerprint density at radius 1 is 1.32 bits per heavy atom. The van der Waals surface area contributed by atoms with Crippen molar-refractivity contribution in [3.05, 3.63) is 63.0 Å². The van der Waals surface area contributed by atoms with Crippen molar-refractivity contribution >= 4 is 57.6 Å². The largest absolute Gasteiger partial charge is 0.506 e. The molecule has 2 aromatic rings. The third-order valence-electron chi connectivity index (χ3n) is 4.13. The van der Waals surface area contributed by atoms with Gasteiger partial charge in [-0.1, -0.05) is 36.1 Å². The van der Waals surface area contributed by atoms with E-state index in [9.17, 15) is 24.8 Å². The Morgan fingerprint density at radius 2 is 2.03 bits per heavy atom. The highest BCUT2D eigenvalue weighted by molar-refractivity contribution is 8.26. The van der Waals surface area contributed by atoms with Gasteiger partial charge in [0.15, 0.2) is 0 Å². The maximum Gasteiger partial charge on any atom is 0.273 e. The number of thiocarbonyl (C=S) groups is 1. The zero-order chi connectivity index (χ0) is 22.5. The smallest absolute Gasteiger partial charge is 0.273 e. The van der Waals surface area contributed by atoms with E-state index in [1.807, 2.05) is 19.1 Å². The Bertz CT molecular complexity index is 1080. The number of hydrogen-bond acceptors (Lipinski definition) is 8. The molecule has 0 unspecified atom stereocenters. The summed E-state index contributed by atoms with van der Waals surface area (Å²) in [5.74, 6) is -0.753. The first kappa shape index (κ1) is 22.2. The second kappa shape index (κ2) is 9.58. The molecule has 0 spiro atoms. The molecule has 0 aliphatic carbocycles. The molecule has 2 N–H and O–H groups in total. The van der Waals surface area contributed by atoms with Gasteiger partial charge in [-0.05, 0) is 36.8 Å². The number of rotatable bonds is 7. The quantitative estimate of drug-likeness (QED) is 0.212. The Kier molecular flexibility index (Phi) is 6.88. The highest BCUT2D eigenvalue weighted by Crippen LogP contribution is 2.33. The van der Waals surface area contributed by atoms with Crippen LogP contribution in [0.1, 0.15) is 12.5 Å². The maximum atomic E-state index is 12.7. The van der Waals surface area contributed by atoms with E-state index in [2.05, 4.69) is 5.32 Å². The summed E-state index contributed by atoms with van der Waals surface area (Å²) in [5.41, 5.74) is 0.460. The van der Waals surface area contributed by atoms with E-state index in [1.165, 1.54) is 6.07 Å². The lowest BCUT2D eigenvalue weighted by atomic mass is 10.2. The van der Waals surface area contributed by atoms with Crippen molar-refractivity contribution in [2.75, 3.05) is 18.5 Å². The molecule has 1 saturated heterocycles. The monoisotopic (exact) mass is 459 g/mol. The zero-order valence-corrected chi connectivity index (χ0v) is 17.9. The van der Waals surface area contributed by atoms with Crippen molar-refractivity contribution in [1.29, 1.82) is 0 Å². The molecule has 2 amide bonds. The summed E-state index contributed by atoms with van der Waals surface area (Å²) in [5, 5.41) is 23.0. The molecule has 0 aromatic heterocycles. The van der Waals surface area contributed by atoms with E-state index >= 15 is 0 Å². The third kappa shape index (κ3) is 5.38. The first-order chi connectivity index (χ1) is 14.8. The number of nitro groups is 1. The molecule has 2 aromatic carbocycles. The summed E-state index contributed by atoms with van der Waals surface area (Å²) in [6, 6.07) is 10.5. The van der Waals surface area contributed by atoms with Crippen LogP contribution in [0.2, 0.25) is 0 Å². The van der Waals surface area contributed by atoms with E-state index in [1.54, 1.807) is 18.2 Å². The summed E-state index contributed by atoms with van der Waals surface area (Å²) < 4.78 is 5.61. The van der Waals surface area contributed by atoms with Crippen LogP contribution in [0.15, 0.2) is 47.4 Å². The summed E-state index contributed by atoms with van der Waals surface area (Å²) in [6.07, 6.45) is 1.68. The second-order valence-corrected chi connectivity index (χ2v) is 7.95. The summed E-state index contributed by atoms with van der Waals surface area (Å²) in [6.45, 7) is 2.08. The summed E-state index contributed by atoms with van der Waals surface area (Å²) in [7, 11) is 0. The van der Waals surface area contributed by atoms with Gasteiger partial charge in [-0.2, -0.15) is 0 Å². The molecule has 11 heteroatoms. The predicted molar refractivity (Wildman–Crippen MR) is 121 cm³/mol. The van der Waals surface area contributed by atoms with Gasteiger partial charge in [0.05, 0.1) is 28.2 Å². The van der Waals surface area contributed by atoms with Gasteiger partial charge in [0.25, 0.3) is 11.6 Å². The number of nitro benzene ring substituents is 1. The van der Waals surface area contributed by atoms with Crippen LogP contribution >= 0.6 is 24.0 Å². The Labute approximate surface area is 186 Å². The number of amides is 2. The van der Waals surface area contributed by atoms with Crippen LogP contribution < -0.4 is 10.1 Å². The molecule has 0 saturated carbocycles. The van der Waals surface area contributed by atoms with Crippen molar-refractivity contribution < 1.29 is 24.4 Å². The van der Waals surface area contributed by atoms with Gasteiger partial charge in [-0.25, -0.2) is 0 Å². The van der Waals surface area contributed by atoms with Gasteiger partial charge in [0.1, 0.15) is 22.4 Å². The number of ether oxygens (including phenoxy) is 1. The predicted octanol–water partition coefficient (Wildman–Crippen LogP) is 3.54. The Balaban J connectivity index is 1.67. The van der Waals surface area contributed by atoms with Crippen molar-refractivity contribution in [1.82, 2.24) is 4.90 Å². The van der Waals surface area contributed by atoms with Crippen LogP contribution in [0.25, 0.3) is 6.08 Å². The molecule has 3 rings (SSSR count). The SMILES string of the molecule is CCOc1ccc(/C=C2\SC(=S)N(CC(=O)Nc3ccc([N+](=O)[O-])cc3O)C2=O)cc1. The number of thioether (sulfide) groups is 1. The van der Waals surface area contributed by atoms with Gasteiger partial charge in [-0.3, -0.25) is 24.6 Å². The topological polar surface area (TPSA) is 122 Å². The Hall–Kier alpha value is -3.44. The fourth-order valence-corrected chi connectivity index (χ4v) is 3.94. The van der Waals surface area contributed by atoms with Crippen LogP contribution in [0.3, 0.4) is 0 Å². The molecule has 160 valence electrons. The van der Waals surface area contributed by atoms with Crippen LogP contribution in [-0.2, 0) is 9.59 Å². The number of carbonyl (C=O) groups excluding carboxylic acids is 2. The lowest BCUT2D eigenvalue weighted by Gasteiger charge is -2.14. The number of aromatic hydroxyl groups is 1. The number of nitrogens with one attached hydrogen (secondary N) is 1. The fraction of sp³-hybridized carbons (Fsp3) is 0.150. The Morgan fingerprint density at radius 3 is 2.65 bits per heavy atom. The molecule has 1 aliphatic rings. The molecule has 1 heterocycles. The van der Waals surface area contributed by atoms with Gasteiger partial charge < -0.3 is 15.2 Å². The summed E-state index contributed by atoms with van der Waals surface area (Å²) in [4.78, 5) is 36.6. The molecule has 0 bridgehead atoms. The van der Waals surface area contributed by atoms with E-state index in [0.717, 1.165) is 40.1 Å². The molecule has 0 atom stereocenters. The van der Waals surface area contributed by atoms with Crippen LogP contribution in [0.4, 0.5) is 11.4 Å². The molecular formula is C20H17N3O6S2. The van der Waals surface area contributed by atoms with Gasteiger partial charge in [-0.15, -0.1) is 0 Å². The highest BCUT2D eigenvalue weighted by Gasteiger charge is 2.33. The molecule has 1 fully saturated rings. The van der Waals surface area contributed by atoms with Gasteiger partial charge >= 0.3 is 0 Å². The number of anilines is 1. The number of carbonyl (C=O) groups is 2. The number of hydrogen-bond donors (Lipinski definition) is 2. The molecule has 31 heavy (non-hydrogen) atoms. The number of non-ortho nitro benzene ring substituents is 1.